The van der Waals surface area contributed by atoms with E-state index in [0.717, 1.165) is 17.5 Å². The third-order valence-electron chi connectivity index (χ3n) is 2.19. The lowest BCUT2D eigenvalue weighted by Crippen LogP contribution is -1.90. The molecule has 1 aromatic heterocycles. The van der Waals surface area contributed by atoms with E-state index >= 15 is 0 Å². The number of carbonyl (C=O) groups is 1. The minimum absolute atomic E-state index is 0.402. The van der Waals surface area contributed by atoms with Crippen LogP contribution in [-0.2, 0) is 0 Å². The molecule has 1 heterocycles. The predicted molar refractivity (Wildman–Crippen MR) is 64.6 cm³/mol. The summed E-state index contributed by atoms with van der Waals surface area (Å²) in [7, 11) is 0. The molecule has 0 atom stereocenters. The molecule has 0 radical (unpaired) electrons. The first-order valence-electron chi connectivity index (χ1n) is 4.75. The van der Waals surface area contributed by atoms with Gasteiger partial charge in [0.25, 0.3) is 0 Å². The summed E-state index contributed by atoms with van der Waals surface area (Å²) in [6, 6.07) is 9.72. The molecule has 16 heavy (non-hydrogen) atoms. The van der Waals surface area contributed by atoms with Crippen LogP contribution < -0.4 is 0 Å². The van der Waals surface area contributed by atoms with E-state index in [0.29, 0.717) is 5.69 Å². The maximum Gasteiger partial charge on any atom is 0.168 e. The Balaban J connectivity index is 2.38. The van der Waals surface area contributed by atoms with E-state index in [2.05, 4.69) is 9.97 Å². The summed E-state index contributed by atoms with van der Waals surface area (Å²) < 4.78 is 0. The molecule has 3 nitrogen and oxygen atoms in total. The van der Waals surface area contributed by atoms with Crippen molar-refractivity contribution in [2.45, 2.75) is 4.90 Å². The van der Waals surface area contributed by atoms with Crippen molar-refractivity contribution in [3.8, 4) is 11.3 Å². The van der Waals surface area contributed by atoms with Crippen molar-refractivity contribution in [1.29, 1.82) is 0 Å². The van der Waals surface area contributed by atoms with Crippen molar-refractivity contribution >= 4 is 18.0 Å². The third-order valence-corrected chi connectivity index (χ3v) is 2.94. The molecule has 0 bridgehead atoms. The van der Waals surface area contributed by atoms with Crippen LogP contribution in [0, 0.1) is 0 Å². The van der Waals surface area contributed by atoms with E-state index in [1.165, 1.54) is 11.2 Å². The molecule has 0 fully saturated rings. The number of carbonyl (C=O) groups excluding carboxylic acids is 1. The molecule has 0 amide bonds. The number of benzene rings is 1. The summed E-state index contributed by atoms with van der Waals surface area (Å²) in [4.78, 5) is 19.8. The van der Waals surface area contributed by atoms with Gasteiger partial charge in [-0.25, -0.2) is 9.97 Å². The molecule has 0 saturated carbocycles. The van der Waals surface area contributed by atoms with Crippen LogP contribution in [0.3, 0.4) is 0 Å². The second kappa shape index (κ2) is 4.90. The second-order valence-electron chi connectivity index (χ2n) is 3.17. The molecule has 0 aliphatic heterocycles. The van der Waals surface area contributed by atoms with E-state index in [-0.39, 0.29) is 0 Å². The van der Waals surface area contributed by atoms with Crippen molar-refractivity contribution in [1.82, 2.24) is 9.97 Å². The van der Waals surface area contributed by atoms with Gasteiger partial charge in [0.2, 0.25) is 0 Å². The summed E-state index contributed by atoms with van der Waals surface area (Å²) in [6.07, 6.45) is 4.16. The largest absolute Gasteiger partial charge is 0.296 e. The van der Waals surface area contributed by atoms with E-state index < -0.39 is 0 Å². The molecule has 0 aliphatic rings. The van der Waals surface area contributed by atoms with Gasteiger partial charge in [-0.3, -0.25) is 4.79 Å². The molecule has 2 aromatic rings. The quantitative estimate of drug-likeness (QED) is 0.600. The van der Waals surface area contributed by atoms with Crippen molar-refractivity contribution in [2.75, 3.05) is 6.26 Å². The van der Waals surface area contributed by atoms with Crippen LogP contribution in [0.2, 0.25) is 0 Å². The van der Waals surface area contributed by atoms with E-state index in [1.807, 2.05) is 30.5 Å². The van der Waals surface area contributed by atoms with Gasteiger partial charge in [0.1, 0.15) is 12.0 Å². The lowest BCUT2D eigenvalue weighted by Gasteiger charge is -2.01. The van der Waals surface area contributed by atoms with E-state index in [1.54, 1.807) is 17.8 Å². The van der Waals surface area contributed by atoms with E-state index in [4.69, 9.17) is 0 Å². The van der Waals surface area contributed by atoms with Gasteiger partial charge in [0.15, 0.2) is 6.29 Å². The monoisotopic (exact) mass is 230 g/mol. The zero-order chi connectivity index (χ0) is 11.4. The number of aldehydes is 1. The Labute approximate surface area is 97.9 Å². The number of rotatable bonds is 3. The summed E-state index contributed by atoms with van der Waals surface area (Å²) in [6.45, 7) is 0. The van der Waals surface area contributed by atoms with Gasteiger partial charge in [-0.05, 0) is 24.5 Å². The molecular weight excluding hydrogens is 220 g/mol. The summed E-state index contributed by atoms with van der Waals surface area (Å²) in [5.74, 6) is 0. The first-order chi connectivity index (χ1) is 7.83. The minimum Gasteiger partial charge on any atom is -0.296 e. The molecule has 4 heteroatoms. The zero-order valence-corrected chi connectivity index (χ0v) is 9.57. The number of thioether (sulfide) groups is 1. The number of hydrogen-bond acceptors (Lipinski definition) is 4. The Hall–Kier alpha value is -1.68. The van der Waals surface area contributed by atoms with Crippen LogP contribution in [0.25, 0.3) is 11.3 Å². The average molecular weight is 230 g/mol. The van der Waals surface area contributed by atoms with Gasteiger partial charge in [-0.2, -0.15) is 0 Å². The van der Waals surface area contributed by atoms with Crippen LogP contribution >= 0.6 is 11.8 Å². The van der Waals surface area contributed by atoms with Gasteiger partial charge >= 0.3 is 0 Å². The summed E-state index contributed by atoms with van der Waals surface area (Å²) in [5.41, 5.74) is 2.16. The Kier molecular flexibility index (Phi) is 3.31. The predicted octanol–water partition coefficient (Wildman–Crippen LogP) is 2.68. The first kappa shape index (κ1) is 10.8. The maximum atomic E-state index is 10.6. The SMILES string of the molecule is CSc1ccc(-c2cc(C=O)ncn2)cc1. The number of nitrogens with zero attached hydrogens (tertiary/aromatic N) is 2. The highest BCUT2D eigenvalue weighted by Crippen LogP contribution is 2.21. The van der Waals surface area contributed by atoms with Crippen LogP contribution in [0.1, 0.15) is 10.5 Å². The maximum absolute atomic E-state index is 10.6. The van der Waals surface area contributed by atoms with Crippen molar-refractivity contribution in [3.05, 3.63) is 42.4 Å². The molecule has 1 aromatic carbocycles. The van der Waals surface area contributed by atoms with Crippen LogP contribution in [0.4, 0.5) is 0 Å². The Bertz CT molecular complexity index is 497. The zero-order valence-electron chi connectivity index (χ0n) is 8.75. The van der Waals surface area contributed by atoms with Crippen LogP contribution in [0.15, 0.2) is 41.6 Å². The van der Waals surface area contributed by atoms with Crippen molar-refractivity contribution in [2.24, 2.45) is 0 Å². The van der Waals surface area contributed by atoms with Crippen LogP contribution in [-0.4, -0.2) is 22.5 Å². The molecule has 0 unspecified atom stereocenters. The smallest absolute Gasteiger partial charge is 0.168 e. The van der Waals surface area contributed by atoms with Gasteiger partial charge < -0.3 is 0 Å². The Morgan fingerprint density at radius 2 is 1.94 bits per heavy atom. The molecule has 2 rings (SSSR count). The highest BCUT2D eigenvalue weighted by atomic mass is 32.2. The van der Waals surface area contributed by atoms with Gasteiger partial charge in [0, 0.05) is 10.5 Å². The fraction of sp³-hybridized carbons (Fsp3) is 0.0833. The second-order valence-corrected chi connectivity index (χ2v) is 4.05. The first-order valence-corrected chi connectivity index (χ1v) is 5.97. The summed E-state index contributed by atoms with van der Waals surface area (Å²) >= 11 is 1.69. The standard InChI is InChI=1S/C12H10N2OS/c1-16-11-4-2-9(3-5-11)12-6-10(7-15)13-8-14-12/h2-8H,1H3. The molecule has 0 aliphatic carbocycles. The minimum atomic E-state index is 0.402. The lowest BCUT2D eigenvalue weighted by molar-refractivity contribution is 0.111. The molecular formula is C12H10N2OS. The highest BCUT2D eigenvalue weighted by Gasteiger charge is 2.01. The molecule has 0 N–H and O–H groups in total. The number of aromatic nitrogens is 2. The molecule has 80 valence electrons. The van der Waals surface area contributed by atoms with Gasteiger partial charge in [-0.1, -0.05) is 12.1 Å². The third kappa shape index (κ3) is 2.28. The Morgan fingerprint density at radius 3 is 2.56 bits per heavy atom. The topological polar surface area (TPSA) is 42.9 Å². The summed E-state index contributed by atoms with van der Waals surface area (Å²) in [5, 5.41) is 0. The van der Waals surface area contributed by atoms with E-state index in [9.17, 15) is 4.79 Å². The average Bonchev–Trinajstić information content (AvgIpc) is 2.39. The highest BCUT2D eigenvalue weighted by molar-refractivity contribution is 7.98. The molecule has 0 spiro atoms. The number of hydrogen-bond donors (Lipinski definition) is 0. The Morgan fingerprint density at radius 1 is 1.19 bits per heavy atom. The molecule has 0 saturated heterocycles. The van der Waals surface area contributed by atoms with Crippen LogP contribution in [0.5, 0.6) is 0 Å². The van der Waals surface area contributed by atoms with Gasteiger partial charge in [0.05, 0.1) is 5.69 Å². The fourth-order valence-electron chi connectivity index (χ4n) is 1.36. The lowest BCUT2D eigenvalue weighted by atomic mass is 10.1. The fourth-order valence-corrected chi connectivity index (χ4v) is 1.76. The van der Waals surface area contributed by atoms with Crippen molar-refractivity contribution in [3.63, 3.8) is 0 Å². The van der Waals surface area contributed by atoms with Gasteiger partial charge in [-0.15, -0.1) is 11.8 Å². The van der Waals surface area contributed by atoms with Crippen molar-refractivity contribution < 1.29 is 4.79 Å². The normalized spacial score (nSPS) is 10.1.